The first-order valence-electron chi connectivity index (χ1n) is 14.4. The number of carboxylic acids is 1. The predicted octanol–water partition coefficient (Wildman–Crippen LogP) is 2.63. The van der Waals surface area contributed by atoms with E-state index >= 15 is 0 Å². The van der Waals surface area contributed by atoms with E-state index in [4.69, 9.17) is 0 Å². The van der Waals surface area contributed by atoms with Crippen LogP contribution < -0.4 is 29.3 Å². The van der Waals surface area contributed by atoms with E-state index in [0.29, 0.717) is 17.7 Å². The van der Waals surface area contributed by atoms with Crippen LogP contribution in [0.1, 0.15) is 86.2 Å². The van der Waals surface area contributed by atoms with E-state index in [-0.39, 0.29) is 24.8 Å². The number of thioether (sulfide) groups is 1. The molecule has 2 aromatic carbocycles. The summed E-state index contributed by atoms with van der Waals surface area (Å²) in [5.74, 6) is -0.973. The van der Waals surface area contributed by atoms with Crippen LogP contribution in [0, 0.1) is 6.92 Å². The van der Waals surface area contributed by atoms with Gasteiger partial charge >= 0.3 is 18.9 Å². The average molecular weight is 545 g/mol. The van der Waals surface area contributed by atoms with Crippen molar-refractivity contribution in [2.75, 3.05) is 25.1 Å². The molecule has 0 aromatic heterocycles. The van der Waals surface area contributed by atoms with Crippen molar-refractivity contribution < 1.29 is 33.6 Å². The Hall–Kier alpha value is -1.71. The number of carbonyl (C=O) groups excluding carboxylic acids is 2. The summed E-state index contributed by atoms with van der Waals surface area (Å²) in [5, 5.41) is 14.4. The second-order valence-electron chi connectivity index (χ2n) is 10.6. The van der Waals surface area contributed by atoms with Gasteiger partial charge < -0.3 is 20.1 Å². The van der Waals surface area contributed by atoms with E-state index in [1.165, 1.54) is 57.1 Å². The molecule has 1 unspecified atom stereocenters. The number of rotatable bonds is 15. The van der Waals surface area contributed by atoms with Crippen molar-refractivity contribution in [3.05, 3.63) is 59.2 Å². The zero-order chi connectivity index (χ0) is 27.3. The number of carbonyl (C=O) groups is 2. The molecular formula is C32H45LiN2O3S. The molecule has 1 amide bonds. The Morgan fingerprint density at radius 2 is 1.77 bits per heavy atom. The summed E-state index contributed by atoms with van der Waals surface area (Å²) in [7, 11) is 0. The molecule has 208 valence electrons. The van der Waals surface area contributed by atoms with E-state index in [2.05, 4.69) is 23.2 Å². The second-order valence-corrected chi connectivity index (χ2v) is 11.6. The number of nitrogens with zero attached hydrogens (tertiary/aromatic N) is 1. The number of aryl methyl sites for hydroxylation is 2. The first kappa shape index (κ1) is 33.5. The minimum atomic E-state index is -1.24. The Bertz CT molecular complexity index is 1040. The number of amides is 1. The maximum Gasteiger partial charge on any atom is 1.00 e. The van der Waals surface area contributed by atoms with Crippen molar-refractivity contribution in [1.29, 1.82) is 0 Å². The van der Waals surface area contributed by atoms with Gasteiger partial charge in [-0.15, -0.1) is 0 Å². The van der Waals surface area contributed by atoms with Gasteiger partial charge in [0.25, 0.3) is 5.91 Å². The number of nitrogens with one attached hydrogen (secondary N) is 1. The number of carboxylic acid groups (broad SMARTS) is 1. The second kappa shape index (κ2) is 17.9. The number of hydrogen-bond acceptors (Lipinski definition) is 5. The normalized spacial score (nSPS) is 14.6. The van der Waals surface area contributed by atoms with Gasteiger partial charge in [-0.3, -0.25) is 4.79 Å². The summed E-state index contributed by atoms with van der Waals surface area (Å²) in [4.78, 5) is 27.7. The van der Waals surface area contributed by atoms with Crippen molar-refractivity contribution >= 4 is 23.6 Å². The molecule has 1 aliphatic rings. The van der Waals surface area contributed by atoms with E-state index in [9.17, 15) is 14.7 Å². The molecule has 7 heteroatoms. The summed E-state index contributed by atoms with van der Waals surface area (Å²) in [6.07, 6.45) is 13.5. The molecule has 5 nitrogen and oxygen atoms in total. The van der Waals surface area contributed by atoms with Crippen LogP contribution >= 0.6 is 11.8 Å². The minimum absolute atomic E-state index is 0. The van der Waals surface area contributed by atoms with Gasteiger partial charge in [-0.1, -0.05) is 69.0 Å². The number of benzene rings is 2. The Balaban J connectivity index is 0.00000533. The molecular weight excluding hydrogens is 499 g/mol. The Morgan fingerprint density at radius 3 is 2.44 bits per heavy atom. The molecule has 0 aliphatic heterocycles. The first-order valence-corrected chi connectivity index (χ1v) is 15.8. The standard InChI is InChI=1S/C32H46N2O3S.Li/c1-4-5-20-34(26-14-7-6-8-15-26)21-11-13-25-17-18-28(29(23-25)27-16-10-9-12-24(27)2)31(35)33-30(32(36)37)19-22-38-3;/h9-10,12,16-18,23,26,30H,4-8,11,13-15,19-22H2,1-3H3,(H,33,35)(H,36,37);/q;+1/p-1. The first-order chi connectivity index (χ1) is 18.4. The van der Waals surface area contributed by atoms with E-state index in [1.807, 2.05) is 49.6 Å². The topological polar surface area (TPSA) is 72.5 Å². The van der Waals surface area contributed by atoms with Crippen LogP contribution in [0.15, 0.2) is 42.5 Å². The van der Waals surface area contributed by atoms with Gasteiger partial charge in [0, 0.05) is 11.6 Å². The number of aliphatic carboxylic acids is 1. The number of unbranched alkanes of at least 4 members (excludes halogenated alkanes) is 1. The third-order valence-corrected chi connectivity index (χ3v) is 8.41. The van der Waals surface area contributed by atoms with Crippen molar-refractivity contribution in [1.82, 2.24) is 10.2 Å². The molecule has 1 N–H and O–H groups in total. The minimum Gasteiger partial charge on any atom is -0.548 e. The molecule has 0 saturated heterocycles. The van der Waals surface area contributed by atoms with Crippen molar-refractivity contribution in [3.8, 4) is 11.1 Å². The Morgan fingerprint density at radius 1 is 1.05 bits per heavy atom. The molecule has 0 heterocycles. The van der Waals surface area contributed by atoms with Crippen molar-refractivity contribution in [2.45, 2.75) is 90.1 Å². The molecule has 3 rings (SSSR count). The van der Waals surface area contributed by atoms with Crippen LogP contribution in [0.2, 0.25) is 0 Å². The van der Waals surface area contributed by atoms with Gasteiger partial charge in [0.2, 0.25) is 0 Å². The zero-order valence-corrected chi connectivity index (χ0v) is 25.3. The van der Waals surface area contributed by atoms with Gasteiger partial charge in [0.15, 0.2) is 0 Å². The van der Waals surface area contributed by atoms with Crippen LogP contribution in [0.4, 0.5) is 0 Å². The smallest absolute Gasteiger partial charge is 0.548 e. The number of hydrogen-bond donors (Lipinski definition) is 1. The van der Waals surface area contributed by atoms with Gasteiger partial charge in [-0.2, -0.15) is 11.8 Å². The van der Waals surface area contributed by atoms with Gasteiger partial charge in [-0.25, -0.2) is 0 Å². The fourth-order valence-corrected chi connectivity index (χ4v) is 6.01. The average Bonchev–Trinajstić information content (AvgIpc) is 2.93. The summed E-state index contributed by atoms with van der Waals surface area (Å²) in [6, 6.07) is 13.8. The fraction of sp³-hybridized carbons (Fsp3) is 0.562. The van der Waals surface area contributed by atoms with Gasteiger partial charge in [0.05, 0.1) is 12.0 Å². The largest absolute Gasteiger partial charge is 1.00 e. The molecule has 1 saturated carbocycles. The molecule has 1 aliphatic carbocycles. The Kier molecular flexibility index (Phi) is 15.3. The molecule has 1 atom stereocenters. The van der Waals surface area contributed by atoms with Crippen molar-refractivity contribution in [3.63, 3.8) is 0 Å². The molecule has 1 fully saturated rings. The van der Waals surface area contributed by atoms with Crippen LogP contribution in [0.3, 0.4) is 0 Å². The molecule has 2 aromatic rings. The maximum absolute atomic E-state index is 13.3. The third-order valence-electron chi connectivity index (χ3n) is 7.77. The zero-order valence-electron chi connectivity index (χ0n) is 24.5. The van der Waals surface area contributed by atoms with Crippen LogP contribution in [-0.4, -0.2) is 54.0 Å². The monoisotopic (exact) mass is 544 g/mol. The molecule has 0 bridgehead atoms. The van der Waals surface area contributed by atoms with Gasteiger partial charge in [-0.05, 0) is 98.9 Å². The van der Waals surface area contributed by atoms with Crippen LogP contribution in [-0.2, 0) is 11.2 Å². The van der Waals surface area contributed by atoms with Crippen LogP contribution in [0.5, 0.6) is 0 Å². The molecule has 39 heavy (non-hydrogen) atoms. The summed E-state index contributed by atoms with van der Waals surface area (Å²) < 4.78 is 0. The Labute approximate surface area is 252 Å². The quantitative estimate of drug-likeness (QED) is 0.349. The van der Waals surface area contributed by atoms with Gasteiger partial charge in [0.1, 0.15) is 0 Å². The molecule has 0 spiro atoms. The third kappa shape index (κ3) is 10.3. The van der Waals surface area contributed by atoms with E-state index in [0.717, 1.165) is 42.1 Å². The van der Waals surface area contributed by atoms with E-state index in [1.54, 1.807) is 11.8 Å². The summed E-state index contributed by atoms with van der Waals surface area (Å²) >= 11 is 1.55. The maximum atomic E-state index is 13.3. The fourth-order valence-electron chi connectivity index (χ4n) is 5.53. The predicted molar refractivity (Wildman–Crippen MR) is 158 cm³/mol. The summed E-state index contributed by atoms with van der Waals surface area (Å²) in [6.45, 7) is 6.60. The SMILES string of the molecule is CCCCN(CCCc1ccc(C(=O)NC(CCSC)C(=O)[O-])c(-c2ccccc2C)c1)C1CCCCC1.[Li+]. The van der Waals surface area contributed by atoms with Crippen molar-refractivity contribution in [2.24, 2.45) is 0 Å². The van der Waals surface area contributed by atoms with Crippen LogP contribution in [0.25, 0.3) is 11.1 Å². The molecule has 0 radical (unpaired) electrons. The van der Waals surface area contributed by atoms with E-state index < -0.39 is 12.0 Å². The summed E-state index contributed by atoms with van der Waals surface area (Å²) in [5.41, 5.74) is 4.65.